The quantitative estimate of drug-likeness (QED) is 0.769. The molecule has 0 heterocycles. The van der Waals surface area contributed by atoms with Crippen molar-refractivity contribution in [3.05, 3.63) is 30.1 Å². The molecule has 1 saturated carbocycles. The molecular weight excluding hydrogens is 249 g/mol. The average Bonchev–Trinajstić information content (AvgIpc) is 2.63. The minimum atomic E-state index is -1.42. The zero-order chi connectivity index (χ0) is 13.0. The van der Waals surface area contributed by atoms with Gasteiger partial charge in [0.1, 0.15) is 5.82 Å². The van der Waals surface area contributed by atoms with Gasteiger partial charge in [-0.1, -0.05) is 31.4 Å². The number of nitrogens with zero attached hydrogens (tertiary/aromatic N) is 1. The zero-order valence-electron chi connectivity index (χ0n) is 10.1. The van der Waals surface area contributed by atoms with Gasteiger partial charge in [-0.05, 0) is 25.0 Å². The van der Waals surface area contributed by atoms with Crippen LogP contribution >= 0.6 is 0 Å². The Morgan fingerprint density at radius 1 is 1.22 bits per heavy atom. The van der Waals surface area contributed by atoms with Crippen LogP contribution in [0.3, 0.4) is 0 Å². The highest BCUT2D eigenvalue weighted by Crippen LogP contribution is 2.30. The number of nitriles is 1. The van der Waals surface area contributed by atoms with Crippen molar-refractivity contribution in [3.8, 4) is 6.07 Å². The molecule has 0 spiro atoms. The lowest BCUT2D eigenvalue weighted by atomic mass is 10.0. The molecule has 1 aromatic rings. The molecule has 0 saturated heterocycles. The van der Waals surface area contributed by atoms with Crippen LogP contribution in [-0.4, -0.2) is 9.46 Å². The SMILES string of the molecule is N#CC1CCCCCC1S(=O)c1ccccc1F. The summed E-state index contributed by atoms with van der Waals surface area (Å²) in [5, 5.41) is 8.95. The molecule has 3 unspecified atom stereocenters. The molecule has 18 heavy (non-hydrogen) atoms. The van der Waals surface area contributed by atoms with Gasteiger partial charge in [0.05, 0.1) is 32.9 Å². The van der Waals surface area contributed by atoms with Crippen LogP contribution in [0.1, 0.15) is 32.1 Å². The summed E-state index contributed by atoms with van der Waals surface area (Å²) in [6, 6.07) is 8.41. The first-order valence-electron chi connectivity index (χ1n) is 6.28. The second kappa shape index (κ2) is 6.10. The van der Waals surface area contributed by atoms with Crippen molar-refractivity contribution in [2.24, 2.45) is 5.92 Å². The van der Waals surface area contributed by atoms with Gasteiger partial charge in [-0.15, -0.1) is 0 Å². The number of benzene rings is 1. The van der Waals surface area contributed by atoms with Crippen LogP contribution in [0.2, 0.25) is 0 Å². The van der Waals surface area contributed by atoms with Crippen molar-refractivity contribution in [1.82, 2.24) is 0 Å². The number of hydrogen-bond acceptors (Lipinski definition) is 2. The Morgan fingerprint density at radius 3 is 2.67 bits per heavy atom. The van der Waals surface area contributed by atoms with E-state index >= 15 is 0 Å². The average molecular weight is 265 g/mol. The highest BCUT2D eigenvalue weighted by atomic mass is 32.2. The Bertz CT molecular complexity index is 483. The predicted molar refractivity (Wildman–Crippen MR) is 68.8 cm³/mol. The van der Waals surface area contributed by atoms with Crippen LogP contribution in [0, 0.1) is 23.1 Å². The van der Waals surface area contributed by atoms with E-state index in [1.165, 1.54) is 6.07 Å². The Labute approximate surface area is 109 Å². The van der Waals surface area contributed by atoms with Gasteiger partial charge >= 0.3 is 0 Å². The normalized spacial score (nSPS) is 26.0. The third-order valence-corrected chi connectivity index (χ3v) is 5.33. The van der Waals surface area contributed by atoms with Crippen LogP contribution in [0.25, 0.3) is 0 Å². The highest BCUT2D eigenvalue weighted by Gasteiger charge is 2.30. The fraction of sp³-hybridized carbons (Fsp3) is 0.500. The zero-order valence-corrected chi connectivity index (χ0v) is 11.0. The van der Waals surface area contributed by atoms with Gasteiger partial charge < -0.3 is 0 Å². The van der Waals surface area contributed by atoms with Gasteiger partial charge in [0.2, 0.25) is 0 Å². The van der Waals surface area contributed by atoms with E-state index in [2.05, 4.69) is 6.07 Å². The summed E-state index contributed by atoms with van der Waals surface area (Å²) < 4.78 is 26.1. The van der Waals surface area contributed by atoms with E-state index < -0.39 is 16.6 Å². The summed E-state index contributed by atoms with van der Waals surface area (Å²) in [5.41, 5.74) is 0. The third kappa shape index (κ3) is 2.78. The summed E-state index contributed by atoms with van der Waals surface area (Å²) in [6.07, 6.45) is 4.58. The molecule has 0 aromatic heterocycles. The van der Waals surface area contributed by atoms with Gasteiger partial charge in [-0.3, -0.25) is 4.21 Å². The largest absolute Gasteiger partial charge is 0.254 e. The molecule has 2 rings (SSSR count). The van der Waals surface area contributed by atoms with Crippen LogP contribution in [0.15, 0.2) is 29.2 Å². The molecule has 4 heteroatoms. The number of hydrogen-bond donors (Lipinski definition) is 0. The van der Waals surface area contributed by atoms with Gasteiger partial charge in [0.25, 0.3) is 0 Å². The first-order valence-corrected chi connectivity index (χ1v) is 7.50. The summed E-state index contributed by atoms with van der Waals surface area (Å²) in [5.74, 6) is -0.648. The first-order chi connectivity index (χ1) is 8.74. The lowest BCUT2D eigenvalue weighted by molar-refractivity contribution is 0.555. The molecule has 0 bridgehead atoms. The van der Waals surface area contributed by atoms with Gasteiger partial charge in [-0.2, -0.15) is 5.26 Å². The maximum atomic E-state index is 13.7. The molecule has 0 radical (unpaired) electrons. The van der Waals surface area contributed by atoms with Gasteiger partial charge in [0.15, 0.2) is 0 Å². The molecule has 0 amide bonds. The smallest absolute Gasteiger partial charge is 0.139 e. The van der Waals surface area contributed by atoms with Crippen molar-refractivity contribution in [2.45, 2.75) is 42.2 Å². The van der Waals surface area contributed by atoms with Crippen molar-refractivity contribution in [2.75, 3.05) is 0 Å². The van der Waals surface area contributed by atoms with Crippen molar-refractivity contribution in [1.29, 1.82) is 5.26 Å². The van der Waals surface area contributed by atoms with E-state index in [-0.39, 0.29) is 16.1 Å². The molecule has 1 aliphatic rings. The molecular formula is C14H16FNOS. The molecule has 96 valence electrons. The fourth-order valence-corrected chi connectivity index (χ4v) is 4.12. The topological polar surface area (TPSA) is 40.9 Å². The lowest BCUT2D eigenvalue weighted by Gasteiger charge is -2.18. The maximum absolute atomic E-state index is 13.7. The monoisotopic (exact) mass is 265 g/mol. The van der Waals surface area contributed by atoms with Gasteiger partial charge in [0, 0.05) is 0 Å². The van der Waals surface area contributed by atoms with E-state index in [0.717, 1.165) is 32.1 Å². The van der Waals surface area contributed by atoms with E-state index in [0.29, 0.717) is 0 Å². The summed E-state index contributed by atoms with van der Waals surface area (Å²) in [6.45, 7) is 0. The van der Waals surface area contributed by atoms with Crippen molar-refractivity contribution < 1.29 is 8.60 Å². The van der Waals surface area contributed by atoms with Crippen molar-refractivity contribution in [3.63, 3.8) is 0 Å². The minimum Gasteiger partial charge on any atom is -0.254 e. The number of halogens is 1. The fourth-order valence-electron chi connectivity index (χ4n) is 2.45. The Balaban J connectivity index is 2.26. The van der Waals surface area contributed by atoms with E-state index in [9.17, 15) is 13.9 Å². The lowest BCUT2D eigenvalue weighted by Crippen LogP contribution is -2.24. The molecule has 2 nitrogen and oxygen atoms in total. The molecule has 3 atom stereocenters. The van der Waals surface area contributed by atoms with Gasteiger partial charge in [-0.25, -0.2) is 4.39 Å². The summed E-state index contributed by atoms with van der Waals surface area (Å²) in [7, 11) is -1.42. The number of rotatable bonds is 2. The van der Waals surface area contributed by atoms with Crippen LogP contribution in [0.4, 0.5) is 4.39 Å². The Hall–Kier alpha value is -1.21. The van der Waals surface area contributed by atoms with Crippen LogP contribution < -0.4 is 0 Å². The second-order valence-corrected chi connectivity index (χ2v) is 6.28. The van der Waals surface area contributed by atoms with E-state index in [1.807, 2.05) is 0 Å². The summed E-state index contributed by atoms with van der Waals surface area (Å²) >= 11 is 0. The molecule has 1 fully saturated rings. The standard InChI is InChI=1S/C14H16FNOS/c15-12-7-4-5-9-14(12)18(17)13-8-3-1-2-6-11(13)10-16/h4-5,7,9,11,13H,1-3,6,8H2. The minimum absolute atomic E-state index is 0.215. The van der Waals surface area contributed by atoms with E-state index in [1.54, 1.807) is 18.2 Å². The Morgan fingerprint density at radius 2 is 1.94 bits per heavy atom. The molecule has 0 aliphatic heterocycles. The summed E-state index contributed by atoms with van der Waals surface area (Å²) in [4.78, 5) is 0.240. The Kier molecular flexibility index (Phi) is 4.48. The predicted octanol–water partition coefficient (Wildman–Crippen LogP) is 3.41. The molecule has 1 aliphatic carbocycles. The van der Waals surface area contributed by atoms with E-state index in [4.69, 9.17) is 0 Å². The second-order valence-electron chi connectivity index (χ2n) is 4.64. The van der Waals surface area contributed by atoms with Crippen LogP contribution in [-0.2, 0) is 10.8 Å². The molecule has 1 aromatic carbocycles. The van der Waals surface area contributed by atoms with Crippen molar-refractivity contribution >= 4 is 10.8 Å². The maximum Gasteiger partial charge on any atom is 0.139 e. The van der Waals surface area contributed by atoms with Crippen LogP contribution in [0.5, 0.6) is 0 Å². The third-order valence-electron chi connectivity index (χ3n) is 3.45. The highest BCUT2D eigenvalue weighted by molar-refractivity contribution is 7.85. The molecule has 0 N–H and O–H groups in total. The first kappa shape index (κ1) is 13.2.